The van der Waals surface area contributed by atoms with Crippen molar-refractivity contribution in [2.45, 2.75) is 44.6 Å². The van der Waals surface area contributed by atoms with E-state index in [1.807, 2.05) is 9.80 Å². The molecule has 6 heteroatoms. The molecule has 5 nitrogen and oxygen atoms in total. The smallest absolute Gasteiger partial charge is 0.223 e. The van der Waals surface area contributed by atoms with Crippen LogP contribution in [-0.4, -0.2) is 66.3 Å². The number of hydrogen-bond donors (Lipinski definition) is 0. The highest BCUT2D eigenvalue weighted by atomic mass is 35.5. The molecule has 0 aliphatic carbocycles. The predicted octanol–water partition coefficient (Wildman–Crippen LogP) is 3.35. The molecule has 3 saturated heterocycles. The normalized spacial score (nSPS) is 27.3. The third-order valence-corrected chi connectivity index (χ3v) is 6.90. The van der Waals surface area contributed by atoms with Crippen LogP contribution in [0.5, 0.6) is 0 Å². The van der Waals surface area contributed by atoms with Gasteiger partial charge in [-0.2, -0.15) is 0 Å². The van der Waals surface area contributed by atoms with Crippen molar-refractivity contribution in [3.05, 3.63) is 35.9 Å². The molecule has 3 fully saturated rings. The molecule has 0 saturated carbocycles. The number of likely N-dealkylation sites (tertiary alicyclic amines) is 3. The van der Waals surface area contributed by atoms with Crippen LogP contribution < -0.4 is 0 Å². The van der Waals surface area contributed by atoms with E-state index >= 15 is 0 Å². The molecule has 0 unspecified atom stereocenters. The van der Waals surface area contributed by atoms with E-state index in [9.17, 15) is 9.59 Å². The third kappa shape index (κ3) is 4.95. The fraction of sp³-hybridized carbons (Fsp3) is 0.652. The van der Waals surface area contributed by atoms with Crippen LogP contribution in [0.4, 0.5) is 0 Å². The van der Waals surface area contributed by atoms with Gasteiger partial charge in [0.1, 0.15) is 0 Å². The number of amides is 2. The molecule has 1 aromatic rings. The minimum Gasteiger partial charge on any atom is -0.343 e. The third-order valence-electron chi connectivity index (χ3n) is 6.90. The van der Waals surface area contributed by atoms with Gasteiger partial charge >= 0.3 is 0 Å². The summed E-state index contributed by atoms with van der Waals surface area (Å²) in [5.41, 5.74) is 1.35. The number of hydrogen-bond acceptors (Lipinski definition) is 3. The second-order valence-corrected chi connectivity index (χ2v) is 8.81. The van der Waals surface area contributed by atoms with Crippen molar-refractivity contribution in [2.24, 2.45) is 11.8 Å². The van der Waals surface area contributed by atoms with Crippen molar-refractivity contribution in [1.82, 2.24) is 14.7 Å². The standard InChI is InChI=1S/C23H33N3O2.ClH/c1-24-15-19-16-26(17-20(19)23(24)18-9-5-4-6-10-18)22(28)12-11-21(27)25-13-7-2-3-8-14-25;/h4-6,9-10,19-20,23H,2-3,7-8,11-17H2,1H3;1H/t19-,20+,23-;/m0./s1. The van der Waals surface area contributed by atoms with Crippen LogP contribution in [0.15, 0.2) is 30.3 Å². The summed E-state index contributed by atoms with van der Waals surface area (Å²) in [7, 11) is 2.20. The largest absolute Gasteiger partial charge is 0.343 e. The minimum absolute atomic E-state index is 0. The molecule has 0 radical (unpaired) electrons. The Morgan fingerprint density at radius 1 is 0.862 bits per heavy atom. The second kappa shape index (κ2) is 9.94. The zero-order chi connectivity index (χ0) is 19.5. The molecule has 4 rings (SSSR count). The molecule has 0 bridgehead atoms. The Hall–Kier alpha value is -1.59. The van der Waals surface area contributed by atoms with Crippen LogP contribution in [0.25, 0.3) is 0 Å². The number of carbonyl (C=O) groups excluding carboxylic acids is 2. The van der Waals surface area contributed by atoms with Gasteiger partial charge in [0.2, 0.25) is 11.8 Å². The first-order valence-corrected chi connectivity index (χ1v) is 10.9. The molecular formula is C23H34ClN3O2. The van der Waals surface area contributed by atoms with Gasteiger partial charge in [0.25, 0.3) is 0 Å². The summed E-state index contributed by atoms with van der Waals surface area (Å²) in [6.45, 7) is 4.44. The van der Waals surface area contributed by atoms with Crippen LogP contribution in [0.2, 0.25) is 0 Å². The van der Waals surface area contributed by atoms with Crippen molar-refractivity contribution in [3.8, 4) is 0 Å². The highest BCUT2D eigenvalue weighted by Gasteiger charge is 2.47. The molecule has 160 valence electrons. The van der Waals surface area contributed by atoms with Crippen molar-refractivity contribution in [1.29, 1.82) is 0 Å². The molecule has 3 atom stereocenters. The topological polar surface area (TPSA) is 43.9 Å². The zero-order valence-electron chi connectivity index (χ0n) is 17.5. The average Bonchev–Trinajstić information content (AvgIpc) is 3.09. The lowest BCUT2D eigenvalue weighted by Crippen LogP contribution is -2.35. The zero-order valence-corrected chi connectivity index (χ0v) is 18.3. The Bertz CT molecular complexity index is 691. The van der Waals surface area contributed by atoms with Gasteiger partial charge in [-0.25, -0.2) is 0 Å². The van der Waals surface area contributed by atoms with Crippen LogP contribution >= 0.6 is 12.4 Å². The van der Waals surface area contributed by atoms with E-state index in [1.165, 1.54) is 18.4 Å². The van der Waals surface area contributed by atoms with Crippen LogP contribution in [0, 0.1) is 11.8 Å². The summed E-state index contributed by atoms with van der Waals surface area (Å²) >= 11 is 0. The van der Waals surface area contributed by atoms with Crippen molar-refractivity contribution < 1.29 is 9.59 Å². The Kier molecular flexibility index (Phi) is 7.58. The molecule has 0 spiro atoms. The van der Waals surface area contributed by atoms with Gasteiger partial charge in [0.05, 0.1) is 0 Å². The minimum atomic E-state index is 0. The van der Waals surface area contributed by atoms with Gasteiger partial charge < -0.3 is 9.80 Å². The van der Waals surface area contributed by atoms with E-state index in [4.69, 9.17) is 0 Å². The number of halogens is 1. The summed E-state index contributed by atoms with van der Waals surface area (Å²) in [5.74, 6) is 1.36. The van der Waals surface area contributed by atoms with Gasteiger partial charge in [-0.3, -0.25) is 14.5 Å². The Labute approximate surface area is 180 Å². The van der Waals surface area contributed by atoms with Gasteiger partial charge in [0.15, 0.2) is 0 Å². The van der Waals surface area contributed by atoms with Crippen molar-refractivity contribution >= 4 is 24.2 Å². The monoisotopic (exact) mass is 419 g/mol. The second-order valence-electron chi connectivity index (χ2n) is 8.81. The maximum atomic E-state index is 12.8. The van der Waals surface area contributed by atoms with Gasteiger partial charge in [-0.1, -0.05) is 43.2 Å². The van der Waals surface area contributed by atoms with Crippen molar-refractivity contribution in [3.63, 3.8) is 0 Å². The van der Waals surface area contributed by atoms with Crippen LogP contribution in [0.1, 0.15) is 50.1 Å². The fourth-order valence-corrected chi connectivity index (χ4v) is 5.46. The maximum Gasteiger partial charge on any atom is 0.223 e. The van der Waals surface area contributed by atoms with E-state index < -0.39 is 0 Å². The highest BCUT2D eigenvalue weighted by Crippen LogP contribution is 2.44. The summed E-state index contributed by atoms with van der Waals surface area (Å²) < 4.78 is 0. The summed E-state index contributed by atoms with van der Waals surface area (Å²) in [5, 5.41) is 0. The van der Waals surface area contributed by atoms with Gasteiger partial charge in [0, 0.05) is 57.5 Å². The molecule has 1 aromatic carbocycles. The lowest BCUT2D eigenvalue weighted by molar-refractivity contribution is -0.136. The first-order valence-electron chi connectivity index (χ1n) is 10.9. The van der Waals surface area contributed by atoms with Gasteiger partial charge in [-0.15, -0.1) is 12.4 Å². The summed E-state index contributed by atoms with van der Waals surface area (Å²) in [4.78, 5) is 31.7. The van der Waals surface area contributed by atoms with Crippen molar-refractivity contribution in [2.75, 3.05) is 39.8 Å². The SMILES string of the molecule is CN1C[C@H]2CN(C(=O)CCC(=O)N3CCCCCC3)C[C@H]2[C@@H]1c1ccccc1.Cl. The number of rotatable bonds is 4. The van der Waals surface area contributed by atoms with E-state index in [0.717, 1.165) is 45.6 Å². The Morgan fingerprint density at radius 3 is 2.14 bits per heavy atom. The first kappa shape index (κ1) is 22.1. The Morgan fingerprint density at radius 2 is 1.48 bits per heavy atom. The van der Waals surface area contributed by atoms with E-state index in [-0.39, 0.29) is 24.2 Å². The molecule has 3 aliphatic rings. The number of benzene rings is 1. The summed E-state index contributed by atoms with van der Waals surface area (Å²) in [6, 6.07) is 11.1. The van der Waals surface area contributed by atoms with E-state index in [1.54, 1.807) is 0 Å². The lowest BCUT2D eigenvalue weighted by Gasteiger charge is -2.27. The molecule has 29 heavy (non-hydrogen) atoms. The molecule has 0 N–H and O–H groups in total. The predicted molar refractivity (Wildman–Crippen MR) is 117 cm³/mol. The molecular weight excluding hydrogens is 386 g/mol. The Balaban J connectivity index is 0.00000240. The quantitative estimate of drug-likeness (QED) is 0.751. The van der Waals surface area contributed by atoms with E-state index in [0.29, 0.717) is 30.7 Å². The highest BCUT2D eigenvalue weighted by molar-refractivity contribution is 5.85. The van der Waals surface area contributed by atoms with E-state index in [2.05, 4.69) is 42.3 Å². The lowest BCUT2D eigenvalue weighted by atomic mass is 9.90. The average molecular weight is 420 g/mol. The molecule has 3 aliphatic heterocycles. The summed E-state index contributed by atoms with van der Waals surface area (Å²) in [6.07, 6.45) is 5.37. The van der Waals surface area contributed by atoms with Gasteiger partial charge in [-0.05, 0) is 31.4 Å². The fourth-order valence-electron chi connectivity index (χ4n) is 5.46. The van der Waals surface area contributed by atoms with Crippen LogP contribution in [-0.2, 0) is 9.59 Å². The number of fused-ring (bicyclic) bond motifs is 1. The van der Waals surface area contributed by atoms with Crippen LogP contribution in [0.3, 0.4) is 0 Å². The number of carbonyl (C=O) groups is 2. The molecule has 2 amide bonds. The first-order chi connectivity index (χ1) is 13.6. The maximum absolute atomic E-state index is 12.8. The molecule has 0 aromatic heterocycles. The number of nitrogens with zero attached hydrogens (tertiary/aromatic N) is 3. The molecule has 3 heterocycles.